The van der Waals surface area contributed by atoms with E-state index in [1.807, 2.05) is 0 Å². The highest BCUT2D eigenvalue weighted by Crippen LogP contribution is 2.34. The van der Waals surface area contributed by atoms with Crippen molar-refractivity contribution in [1.82, 2.24) is 14.1 Å². The second-order valence-corrected chi connectivity index (χ2v) is 8.33. The van der Waals surface area contributed by atoms with Gasteiger partial charge in [0.05, 0.1) is 5.69 Å². The molecule has 126 valence electrons. The fourth-order valence-corrected chi connectivity index (χ4v) is 4.90. The predicted molar refractivity (Wildman–Crippen MR) is 92.8 cm³/mol. The van der Waals surface area contributed by atoms with Crippen molar-refractivity contribution < 1.29 is 8.42 Å². The van der Waals surface area contributed by atoms with Crippen molar-refractivity contribution in [2.45, 2.75) is 24.8 Å². The number of sulfonamides is 1. The largest absolute Gasteiger partial charge is 0.255 e. The van der Waals surface area contributed by atoms with Crippen LogP contribution in [0.25, 0.3) is 0 Å². The number of aryl methyl sites for hydroxylation is 2. The molecule has 0 fully saturated rings. The van der Waals surface area contributed by atoms with Crippen molar-refractivity contribution in [2.75, 3.05) is 7.05 Å². The highest BCUT2D eigenvalue weighted by Gasteiger charge is 2.33. The molecule has 0 aliphatic rings. The van der Waals surface area contributed by atoms with Crippen LogP contribution in [0.15, 0.2) is 23.1 Å². The molecule has 9 heteroatoms. The van der Waals surface area contributed by atoms with Gasteiger partial charge in [-0.3, -0.25) is 4.68 Å². The number of nitrogens with zero attached hydrogens (tertiary/aromatic N) is 3. The maximum Gasteiger partial charge on any atom is 0.248 e. The average Bonchev–Trinajstić information content (AvgIpc) is 2.71. The van der Waals surface area contributed by atoms with Crippen molar-refractivity contribution in [3.63, 3.8) is 0 Å². The summed E-state index contributed by atoms with van der Waals surface area (Å²) >= 11 is 18.2. The van der Waals surface area contributed by atoms with Crippen molar-refractivity contribution in [1.29, 1.82) is 0 Å². The van der Waals surface area contributed by atoms with E-state index in [9.17, 15) is 8.42 Å². The van der Waals surface area contributed by atoms with Crippen LogP contribution in [0, 0.1) is 6.92 Å². The first kappa shape index (κ1) is 18.5. The molecular formula is C14H16Cl3N3O2S. The fourth-order valence-electron chi connectivity index (χ4n) is 2.29. The van der Waals surface area contributed by atoms with E-state index in [0.717, 1.165) is 0 Å². The summed E-state index contributed by atoms with van der Waals surface area (Å²) in [6.45, 7) is 3.35. The molecular weight excluding hydrogens is 381 g/mol. The molecule has 0 bridgehead atoms. The molecule has 1 aromatic carbocycles. The highest BCUT2D eigenvalue weighted by molar-refractivity contribution is 7.89. The molecule has 1 heterocycles. The molecule has 1 aromatic heterocycles. The van der Waals surface area contributed by atoms with Gasteiger partial charge >= 0.3 is 0 Å². The molecule has 0 radical (unpaired) electrons. The van der Waals surface area contributed by atoms with Gasteiger partial charge in [0.25, 0.3) is 0 Å². The molecule has 23 heavy (non-hydrogen) atoms. The Morgan fingerprint density at radius 1 is 1.26 bits per heavy atom. The number of hydrogen-bond donors (Lipinski definition) is 0. The summed E-state index contributed by atoms with van der Waals surface area (Å²) in [6.07, 6.45) is 0. The van der Waals surface area contributed by atoms with E-state index < -0.39 is 16.1 Å². The van der Waals surface area contributed by atoms with Crippen LogP contribution in [-0.4, -0.2) is 29.6 Å². The Morgan fingerprint density at radius 2 is 1.87 bits per heavy atom. The summed E-state index contributed by atoms with van der Waals surface area (Å²) in [7, 11) is -0.756. The van der Waals surface area contributed by atoms with Crippen LogP contribution in [0.2, 0.25) is 15.2 Å². The number of halogens is 3. The van der Waals surface area contributed by atoms with Gasteiger partial charge < -0.3 is 0 Å². The Labute approximate surface area is 150 Å². The maximum absolute atomic E-state index is 12.9. The van der Waals surface area contributed by atoms with Gasteiger partial charge in [0.1, 0.15) is 10.0 Å². The van der Waals surface area contributed by atoms with E-state index in [-0.39, 0.29) is 10.0 Å². The van der Waals surface area contributed by atoms with Crippen molar-refractivity contribution in [3.05, 3.63) is 44.7 Å². The molecule has 5 nitrogen and oxygen atoms in total. The Balaban J connectivity index is 2.47. The third kappa shape index (κ3) is 3.37. The van der Waals surface area contributed by atoms with Gasteiger partial charge in [0.2, 0.25) is 10.0 Å². The minimum Gasteiger partial charge on any atom is -0.255 e. The SMILES string of the molecule is Cc1nn(C)c(Cl)c1S(=O)(=O)N(C)C(C)c1ccc(Cl)cc1Cl. The van der Waals surface area contributed by atoms with E-state index in [1.165, 1.54) is 16.0 Å². The molecule has 0 saturated heterocycles. The smallest absolute Gasteiger partial charge is 0.248 e. The lowest BCUT2D eigenvalue weighted by molar-refractivity contribution is 0.398. The van der Waals surface area contributed by atoms with Crippen LogP contribution in [-0.2, 0) is 17.1 Å². The topological polar surface area (TPSA) is 55.2 Å². The summed E-state index contributed by atoms with van der Waals surface area (Å²) < 4.78 is 28.3. The summed E-state index contributed by atoms with van der Waals surface area (Å²) in [5.74, 6) is 0. The van der Waals surface area contributed by atoms with E-state index in [4.69, 9.17) is 34.8 Å². The van der Waals surface area contributed by atoms with Crippen molar-refractivity contribution in [2.24, 2.45) is 7.05 Å². The van der Waals surface area contributed by atoms with Gasteiger partial charge in [-0.25, -0.2) is 8.42 Å². The fraction of sp³-hybridized carbons (Fsp3) is 0.357. The minimum atomic E-state index is -3.83. The summed E-state index contributed by atoms with van der Waals surface area (Å²) in [5, 5.41) is 5.02. The standard InChI is InChI=1S/C14H16Cl3N3O2S/c1-8-13(14(17)19(3)18-8)23(21,22)20(4)9(2)11-6-5-10(15)7-12(11)16/h5-7,9H,1-4H3. The molecule has 2 aromatic rings. The third-order valence-electron chi connectivity index (χ3n) is 3.70. The number of benzene rings is 1. The summed E-state index contributed by atoms with van der Waals surface area (Å²) in [5.41, 5.74) is 0.999. The summed E-state index contributed by atoms with van der Waals surface area (Å²) in [4.78, 5) is 0.00102. The highest BCUT2D eigenvalue weighted by atomic mass is 35.5. The minimum absolute atomic E-state index is 0.00102. The Bertz CT molecular complexity index is 849. The lowest BCUT2D eigenvalue weighted by Crippen LogP contribution is -2.30. The van der Waals surface area contributed by atoms with Gasteiger partial charge in [-0.1, -0.05) is 40.9 Å². The summed E-state index contributed by atoms with van der Waals surface area (Å²) in [6, 6.07) is 4.46. The molecule has 0 N–H and O–H groups in total. The lowest BCUT2D eigenvalue weighted by Gasteiger charge is -2.25. The van der Waals surface area contributed by atoms with Gasteiger partial charge in [-0.15, -0.1) is 0 Å². The van der Waals surface area contributed by atoms with Crippen molar-refractivity contribution >= 4 is 44.8 Å². The van der Waals surface area contributed by atoms with Gasteiger partial charge in [0.15, 0.2) is 0 Å². The zero-order valence-electron chi connectivity index (χ0n) is 13.0. The molecule has 1 unspecified atom stereocenters. The maximum atomic E-state index is 12.9. The van der Waals surface area contributed by atoms with Gasteiger partial charge in [0, 0.05) is 30.2 Å². The second kappa shape index (κ2) is 6.61. The van der Waals surface area contributed by atoms with Crippen molar-refractivity contribution in [3.8, 4) is 0 Å². The normalized spacial score (nSPS) is 13.6. The first-order valence-electron chi connectivity index (χ1n) is 6.69. The monoisotopic (exact) mass is 395 g/mol. The van der Waals surface area contributed by atoms with Crippen LogP contribution in [0.1, 0.15) is 24.2 Å². The zero-order valence-corrected chi connectivity index (χ0v) is 16.1. The molecule has 0 aliphatic carbocycles. The lowest BCUT2D eigenvalue weighted by atomic mass is 10.1. The third-order valence-corrected chi connectivity index (χ3v) is 6.88. The predicted octanol–water partition coefficient (Wildman–Crippen LogP) is 4.07. The Hall–Kier alpha value is -0.790. The number of rotatable bonds is 4. The molecule has 1 atom stereocenters. The Morgan fingerprint density at radius 3 is 2.35 bits per heavy atom. The quantitative estimate of drug-likeness (QED) is 0.782. The van der Waals surface area contributed by atoms with Gasteiger partial charge in [-0.05, 0) is 31.5 Å². The zero-order chi connectivity index (χ0) is 17.5. The van der Waals surface area contributed by atoms with Crippen LogP contribution >= 0.6 is 34.8 Å². The van der Waals surface area contributed by atoms with E-state index in [1.54, 1.807) is 39.1 Å². The second-order valence-electron chi connectivity index (χ2n) is 5.19. The number of hydrogen-bond acceptors (Lipinski definition) is 3. The van der Waals surface area contributed by atoms with Crippen LogP contribution in [0.3, 0.4) is 0 Å². The first-order chi connectivity index (χ1) is 10.6. The number of aromatic nitrogens is 2. The molecule has 2 rings (SSSR count). The van der Waals surface area contributed by atoms with Crippen LogP contribution in [0.5, 0.6) is 0 Å². The van der Waals surface area contributed by atoms with E-state index in [0.29, 0.717) is 21.3 Å². The van der Waals surface area contributed by atoms with E-state index >= 15 is 0 Å². The van der Waals surface area contributed by atoms with Gasteiger partial charge in [-0.2, -0.15) is 9.40 Å². The first-order valence-corrected chi connectivity index (χ1v) is 9.26. The van der Waals surface area contributed by atoms with Crippen LogP contribution in [0.4, 0.5) is 0 Å². The van der Waals surface area contributed by atoms with E-state index in [2.05, 4.69) is 5.10 Å². The molecule has 0 aliphatic heterocycles. The average molecular weight is 397 g/mol. The molecule has 0 spiro atoms. The molecule has 0 amide bonds. The Kier molecular flexibility index (Phi) is 5.33. The van der Waals surface area contributed by atoms with Crippen LogP contribution < -0.4 is 0 Å². The molecule has 0 saturated carbocycles.